The predicted molar refractivity (Wildman–Crippen MR) is 121 cm³/mol. The minimum absolute atomic E-state index is 0.187. The smallest absolute Gasteiger partial charge is 0.326 e. The van der Waals surface area contributed by atoms with Gasteiger partial charge in [0.1, 0.15) is 18.1 Å². The molecule has 34 heavy (non-hydrogen) atoms. The number of hydrogen-bond acceptors (Lipinski definition) is 8. The third kappa shape index (κ3) is 10.4. The van der Waals surface area contributed by atoms with E-state index >= 15 is 0 Å². The number of aromatic nitrogens is 2. The predicted octanol–water partition coefficient (Wildman–Crippen LogP) is -2.77. The summed E-state index contributed by atoms with van der Waals surface area (Å²) in [6.07, 6.45) is 4.01. The van der Waals surface area contributed by atoms with Crippen LogP contribution in [0.3, 0.4) is 0 Å². The van der Waals surface area contributed by atoms with Crippen molar-refractivity contribution in [1.29, 1.82) is 0 Å². The van der Waals surface area contributed by atoms with Gasteiger partial charge in [-0.15, -0.1) is 0 Å². The molecule has 14 heteroatoms. The first-order valence-electron chi connectivity index (χ1n) is 10.9. The molecular weight excluding hydrogens is 448 g/mol. The molecule has 0 spiro atoms. The van der Waals surface area contributed by atoms with Crippen molar-refractivity contribution in [2.75, 3.05) is 6.54 Å². The first-order chi connectivity index (χ1) is 16.0. The number of aromatic amines is 1. The number of carbonyl (C=O) groups excluding carboxylic acids is 4. The Balaban J connectivity index is 2.74. The quantitative estimate of drug-likeness (QED) is 0.113. The third-order valence-electron chi connectivity index (χ3n) is 4.96. The highest BCUT2D eigenvalue weighted by atomic mass is 16.4. The summed E-state index contributed by atoms with van der Waals surface area (Å²) in [5, 5.41) is 16.6. The largest absolute Gasteiger partial charge is 0.480 e. The molecule has 1 heterocycles. The van der Waals surface area contributed by atoms with Crippen molar-refractivity contribution in [3.63, 3.8) is 0 Å². The van der Waals surface area contributed by atoms with Gasteiger partial charge in [-0.3, -0.25) is 19.2 Å². The number of nitrogens with one attached hydrogen (secondary N) is 4. The summed E-state index contributed by atoms with van der Waals surface area (Å²) in [5.41, 5.74) is 17.1. The average Bonchev–Trinajstić information content (AvgIpc) is 3.28. The van der Waals surface area contributed by atoms with E-state index in [0.717, 1.165) is 0 Å². The standard InChI is InChI=1S/C20H34N8O6/c1-11(26-18(31)13(22)8-12-9-24-10-25-12)17(30)27-14(4-2-3-7-21)19(32)28-15(20(33)34)5-6-16(23)29/h9-11,13-15H,2-8,21-22H2,1H3,(H2,23,29)(H,24,25)(H,26,31)(H,27,30)(H,28,32)(H,33,34). The maximum Gasteiger partial charge on any atom is 0.326 e. The number of H-pyrrole nitrogens is 1. The summed E-state index contributed by atoms with van der Waals surface area (Å²) in [6, 6.07) is -4.38. The lowest BCUT2D eigenvalue weighted by molar-refractivity contribution is -0.142. The van der Waals surface area contributed by atoms with Gasteiger partial charge in [0, 0.05) is 24.7 Å². The van der Waals surface area contributed by atoms with Crippen molar-refractivity contribution in [2.45, 2.75) is 69.6 Å². The number of aliphatic carboxylic acids is 1. The number of nitrogens with zero attached hydrogens (tertiary/aromatic N) is 1. The highest BCUT2D eigenvalue weighted by Crippen LogP contribution is 2.05. The van der Waals surface area contributed by atoms with E-state index in [0.29, 0.717) is 25.1 Å². The molecule has 0 saturated heterocycles. The highest BCUT2D eigenvalue weighted by Gasteiger charge is 2.28. The Hall–Kier alpha value is -3.52. The summed E-state index contributed by atoms with van der Waals surface area (Å²) in [7, 11) is 0. The van der Waals surface area contributed by atoms with E-state index in [1.54, 1.807) is 0 Å². The Bertz CT molecular complexity index is 831. The lowest BCUT2D eigenvalue weighted by atomic mass is 10.1. The van der Waals surface area contributed by atoms with Crippen LogP contribution in [0.4, 0.5) is 0 Å². The number of unbranched alkanes of at least 4 members (excludes halogenated alkanes) is 1. The topological polar surface area (TPSA) is 248 Å². The zero-order valence-corrected chi connectivity index (χ0v) is 19.1. The van der Waals surface area contributed by atoms with Gasteiger partial charge < -0.3 is 43.2 Å². The number of nitrogens with two attached hydrogens (primary N) is 3. The Labute approximate surface area is 196 Å². The van der Waals surface area contributed by atoms with Gasteiger partial charge in [0.25, 0.3) is 0 Å². The molecular formula is C20H34N8O6. The maximum atomic E-state index is 12.7. The number of carboxylic acid groups (broad SMARTS) is 1. The van der Waals surface area contributed by atoms with Crippen molar-refractivity contribution < 1.29 is 29.1 Å². The second-order valence-corrected chi connectivity index (χ2v) is 7.87. The molecule has 11 N–H and O–H groups in total. The van der Waals surface area contributed by atoms with Gasteiger partial charge in [-0.1, -0.05) is 0 Å². The number of primary amides is 1. The average molecular weight is 483 g/mol. The molecule has 0 fully saturated rings. The molecule has 1 aromatic heterocycles. The molecule has 0 aliphatic heterocycles. The zero-order valence-electron chi connectivity index (χ0n) is 19.1. The van der Waals surface area contributed by atoms with Crippen LogP contribution in [-0.2, 0) is 30.4 Å². The minimum Gasteiger partial charge on any atom is -0.480 e. The molecule has 1 rings (SSSR count). The molecule has 4 atom stereocenters. The Morgan fingerprint density at radius 3 is 2.26 bits per heavy atom. The van der Waals surface area contributed by atoms with Crippen LogP contribution >= 0.6 is 0 Å². The van der Waals surface area contributed by atoms with Crippen LogP contribution in [0.1, 0.15) is 44.7 Å². The normalized spacial score (nSPS) is 14.3. The lowest BCUT2D eigenvalue weighted by Gasteiger charge is -2.23. The molecule has 14 nitrogen and oxygen atoms in total. The SMILES string of the molecule is CC(NC(=O)C(N)Cc1cnc[nH]1)C(=O)NC(CCCCN)C(=O)NC(CCC(N)=O)C(=O)O. The van der Waals surface area contributed by atoms with Gasteiger partial charge >= 0.3 is 5.97 Å². The maximum absolute atomic E-state index is 12.7. The minimum atomic E-state index is -1.36. The van der Waals surface area contributed by atoms with E-state index in [1.165, 1.54) is 19.4 Å². The molecule has 0 aliphatic carbocycles. The number of carboxylic acids is 1. The number of rotatable bonds is 16. The fraction of sp³-hybridized carbons (Fsp3) is 0.600. The monoisotopic (exact) mass is 482 g/mol. The van der Waals surface area contributed by atoms with Gasteiger partial charge in [0.2, 0.25) is 23.6 Å². The van der Waals surface area contributed by atoms with E-state index in [-0.39, 0.29) is 25.7 Å². The van der Waals surface area contributed by atoms with Crippen LogP contribution in [0.15, 0.2) is 12.5 Å². The van der Waals surface area contributed by atoms with E-state index < -0.39 is 53.8 Å². The van der Waals surface area contributed by atoms with Crippen molar-refractivity contribution in [3.05, 3.63) is 18.2 Å². The molecule has 4 amide bonds. The summed E-state index contributed by atoms with van der Waals surface area (Å²) in [6.45, 7) is 1.80. The number of imidazole rings is 1. The third-order valence-corrected chi connectivity index (χ3v) is 4.96. The Morgan fingerprint density at radius 2 is 1.71 bits per heavy atom. The molecule has 4 unspecified atom stereocenters. The molecule has 190 valence electrons. The summed E-state index contributed by atoms with van der Waals surface area (Å²) in [4.78, 5) is 66.7. The Kier molecular flexibility index (Phi) is 12.2. The van der Waals surface area contributed by atoms with Gasteiger partial charge in [0.05, 0.1) is 12.4 Å². The van der Waals surface area contributed by atoms with Crippen LogP contribution in [0.2, 0.25) is 0 Å². The van der Waals surface area contributed by atoms with E-state index in [1.807, 2.05) is 0 Å². The van der Waals surface area contributed by atoms with Crippen LogP contribution < -0.4 is 33.2 Å². The second-order valence-electron chi connectivity index (χ2n) is 7.87. The van der Waals surface area contributed by atoms with Gasteiger partial charge in [-0.2, -0.15) is 0 Å². The molecule has 1 aromatic rings. The van der Waals surface area contributed by atoms with E-state index in [4.69, 9.17) is 17.2 Å². The van der Waals surface area contributed by atoms with Crippen LogP contribution in [0.25, 0.3) is 0 Å². The van der Waals surface area contributed by atoms with Crippen molar-refractivity contribution in [1.82, 2.24) is 25.9 Å². The van der Waals surface area contributed by atoms with E-state index in [2.05, 4.69) is 25.9 Å². The van der Waals surface area contributed by atoms with Crippen LogP contribution in [0.5, 0.6) is 0 Å². The number of amides is 4. The van der Waals surface area contributed by atoms with Crippen LogP contribution in [0, 0.1) is 0 Å². The molecule has 0 aliphatic rings. The summed E-state index contributed by atoms with van der Waals surface area (Å²) >= 11 is 0. The fourth-order valence-electron chi connectivity index (χ4n) is 2.99. The zero-order chi connectivity index (χ0) is 25.7. The van der Waals surface area contributed by atoms with Gasteiger partial charge in [-0.05, 0) is 39.2 Å². The molecule has 0 radical (unpaired) electrons. The first kappa shape index (κ1) is 28.5. The van der Waals surface area contributed by atoms with E-state index in [9.17, 15) is 29.1 Å². The molecule has 0 bridgehead atoms. The molecule has 0 aromatic carbocycles. The second kappa shape index (κ2) is 14.6. The summed E-state index contributed by atoms with van der Waals surface area (Å²) < 4.78 is 0. The highest BCUT2D eigenvalue weighted by molar-refractivity contribution is 5.94. The molecule has 0 saturated carbocycles. The first-order valence-corrected chi connectivity index (χ1v) is 10.9. The number of carbonyl (C=O) groups is 5. The van der Waals surface area contributed by atoms with Gasteiger partial charge in [0.15, 0.2) is 0 Å². The van der Waals surface area contributed by atoms with Crippen molar-refractivity contribution in [3.8, 4) is 0 Å². The van der Waals surface area contributed by atoms with Gasteiger partial charge in [-0.25, -0.2) is 9.78 Å². The Morgan fingerprint density at radius 1 is 1.03 bits per heavy atom. The fourth-order valence-corrected chi connectivity index (χ4v) is 2.99. The van der Waals surface area contributed by atoms with Crippen LogP contribution in [-0.4, -0.2) is 75.4 Å². The van der Waals surface area contributed by atoms with Crippen molar-refractivity contribution >= 4 is 29.6 Å². The summed E-state index contributed by atoms with van der Waals surface area (Å²) in [5.74, 6) is -4.01. The number of hydrogen-bond donors (Lipinski definition) is 8. The lowest BCUT2D eigenvalue weighted by Crippen LogP contribution is -2.56. The van der Waals surface area contributed by atoms with Crippen molar-refractivity contribution in [2.24, 2.45) is 17.2 Å².